The second-order valence-corrected chi connectivity index (χ2v) is 1.05. The lowest BCUT2D eigenvalue weighted by atomic mass is 10.7. The summed E-state index contributed by atoms with van der Waals surface area (Å²) in [6.45, 7) is 0.290. The highest BCUT2D eigenvalue weighted by Gasteiger charge is 1.90. The van der Waals surface area contributed by atoms with Crippen molar-refractivity contribution in [3.05, 3.63) is 12.3 Å². The molecule has 0 aromatic carbocycles. The molecule has 1 aromatic rings. The molecule has 1 heterocycles. The smallest absolute Gasteiger partial charge is 0.299 e. The van der Waals surface area contributed by atoms with Crippen LogP contribution < -0.4 is 4.74 Å². The standard InChI is InChI=1S/C4H3NO3/c6-3-7-4-1-2-8-5-4/h1-3H. The van der Waals surface area contributed by atoms with Crippen molar-refractivity contribution < 1.29 is 14.1 Å². The molecule has 0 spiro atoms. The predicted octanol–water partition coefficient (Wildman–Crippen LogP) is 0.210. The Morgan fingerprint density at radius 2 is 2.75 bits per heavy atom. The van der Waals surface area contributed by atoms with Crippen LogP contribution in [0.4, 0.5) is 0 Å². The lowest BCUT2D eigenvalue weighted by Crippen LogP contribution is -1.86. The zero-order valence-electron chi connectivity index (χ0n) is 3.90. The van der Waals surface area contributed by atoms with Gasteiger partial charge in [-0.05, 0) is 5.16 Å². The Bertz CT molecular complexity index is 158. The van der Waals surface area contributed by atoms with Crippen molar-refractivity contribution in [1.29, 1.82) is 0 Å². The van der Waals surface area contributed by atoms with Gasteiger partial charge in [0, 0.05) is 6.07 Å². The van der Waals surface area contributed by atoms with Crippen LogP contribution in [0.5, 0.6) is 5.88 Å². The molecule has 0 N–H and O–H groups in total. The van der Waals surface area contributed by atoms with Gasteiger partial charge in [-0.25, -0.2) is 0 Å². The molecule has 0 radical (unpaired) electrons. The van der Waals surface area contributed by atoms with Crippen molar-refractivity contribution in [2.45, 2.75) is 0 Å². The summed E-state index contributed by atoms with van der Waals surface area (Å²) >= 11 is 0. The number of rotatable bonds is 2. The Balaban J connectivity index is 2.62. The van der Waals surface area contributed by atoms with Crippen LogP contribution in [0, 0.1) is 0 Å². The fourth-order valence-corrected chi connectivity index (χ4v) is 0.312. The number of aromatic nitrogens is 1. The van der Waals surface area contributed by atoms with E-state index in [0.717, 1.165) is 0 Å². The van der Waals surface area contributed by atoms with E-state index in [1.54, 1.807) is 0 Å². The summed E-state index contributed by atoms with van der Waals surface area (Å²) in [7, 11) is 0. The van der Waals surface area contributed by atoms with Crippen LogP contribution in [-0.2, 0) is 4.79 Å². The highest BCUT2D eigenvalue weighted by atomic mass is 16.6. The lowest BCUT2D eigenvalue weighted by molar-refractivity contribution is -0.121. The van der Waals surface area contributed by atoms with E-state index in [1.807, 2.05) is 0 Å². The Morgan fingerprint density at radius 3 is 3.25 bits per heavy atom. The maximum absolute atomic E-state index is 9.57. The first-order valence-electron chi connectivity index (χ1n) is 1.94. The molecule has 1 aromatic heterocycles. The second-order valence-electron chi connectivity index (χ2n) is 1.05. The molecule has 0 amide bonds. The van der Waals surface area contributed by atoms with Gasteiger partial charge >= 0.3 is 0 Å². The SMILES string of the molecule is O=COc1ccon1. The molecule has 1 rings (SSSR count). The van der Waals surface area contributed by atoms with Gasteiger partial charge < -0.3 is 9.26 Å². The minimum absolute atomic E-state index is 0.181. The van der Waals surface area contributed by atoms with Gasteiger partial charge in [-0.1, -0.05) is 0 Å². The first kappa shape index (κ1) is 4.83. The van der Waals surface area contributed by atoms with Crippen molar-refractivity contribution in [3.63, 3.8) is 0 Å². The summed E-state index contributed by atoms with van der Waals surface area (Å²) in [5.41, 5.74) is 0. The average molecular weight is 113 g/mol. The van der Waals surface area contributed by atoms with Gasteiger partial charge in [0.1, 0.15) is 6.26 Å². The number of carbonyl (C=O) groups excluding carboxylic acids is 1. The zero-order chi connectivity index (χ0) is 5.82. The maximum atomic E-state index is 9.57. The van der Waals surface area contributed by atoms with Gasteiger partial charge in [-0.3, -0.25) is 4.79 Å². The van der Waals surface area contributed by atoms with E-state index >= 15 is 0 Å². The maximum Gasteiger partial charge on any atom is 0.299 e. The molecule has 0 saturated carbocycles. The molecule has 0 aliphatic heterocycles. The molecule has 0 aliphatic carbocycles. The highest BCUT2D eigenvalue weighted by Crippen LogP contribution is 2.01. The average Bonchev–Trinajstić information content (AvgIpc) is 2.19. The van der Waals surface area contributed by atoms with Gasteiger partial charge in [-0.15, -0.1) is 0 Å². The van der Waals surface area contributed by atoms with Gasteiger partial charge in [0.15, 0.2) is 0 Å². The number of carbonyl (C=O) groups is 1. The molecule has 0 aliphatic rings. The van der Waals surface area contributed by atoms with Crippen molar-refractivity contribution in [3.8, 4) is 5.88 Å². The van der Waals surface area contributed by atoms with Gasteiger partial charge in [0.2, 0.25) is 0 Å². The zero-order valence-corrected chi connectivity index (χ0v) is 3.90. The summed E-state index contributed by atoms with van der Waals surface area (Å²) < 4.78 is 8.59. The third-order valence-electron chi connectivity index (χ3n) is 0.583. The Kier molecular flexibility index (Phi) is 1.27. The predicted molar refractivity (Wildman–Crippen MR) is 23.2 cm³/mol. The third kappa shape index (κ3) is 0.841. The van der Waals surface area contributed by atoms with Crippen LogP contribution in [0.1, 0.15) is 0 Å². The Morgan fingerprint density at radius 1 is 1.88 bits per heavy atom. The lowest BCUT2D eigenvalue weighted by Gasteiger charge is -1.81. The van der Waals surface area contributed by atoms with E-state index in [2.05, 4.69) is 14.4 Å². The van der Waals surface area contributed by atoms with Crippen LogP contribution in [0.25, 0.3) is 0 Å². The molecule has 42 valence electrons. The van der Waals surface area contributed by atoms with Crippen LogP contribution >= 0.6 is 0 Å². The number of hydrogen-bond donors (Lipinski definition) is 0. The number of hydrogen-bond acceptors (Lipinski definition) is 4. The summed E-state index contributed by atoms with van der Waals surface area (Å²) in [6.07, 6.45) is 1.32. The molecular formula is C4H3NO3. The molecule has 8 heavy (non-hydrogen) atoms. The van der Waals surface area contributed by atoms with Crippen molar-refractivity contribution in [2.75, 3.05) is 0 Å². The minimum atomic E-state index is 0.181. The molecule has 0 unspecified atom stereocenters. The monoisotopic (exact) mass is 113 g/mol. The molecule has 0 fully saturated rings. The van der Waals surface area contributed by atoms with Crippen molar-refractivity contribution in [1.82, 2.24) is 5.16 Å². The van der Waals surface area contributed by atoms with Crippen LogP contribution in [0.3, 0.4) is 0 Å². The van der Waals surface area contributed by atoms with Gasteiger partial charge in [0.05, 0.1) is 0 Å². The fraction of sp³-hybridized carbons (Fsp3) is 0. The Hall–Kier alpha value is -1.32. The van der Waals surface area contributed by atoms with Crippen LogP contribution in [0.2, 0.25) is 0 Å². The van der Waals surface area contributed by atoms with E-state index in [1.165, 1.54) is 12.3 Å². The summed E-state index contributed by atoms with van der Waals surface area (Å²) in [6, 6.07) is 1.44. The van der Waals surface area contributed by atoms with Gasteiger partial charge in [0.25, 0.3) is 12.4 Å². The number of nitrogens with zero attached hydrogens (tertiary/aromatic N) is 1. The summed E-state index contributed by atoms with van der Waals surface area (Å²) in [5, 5.41) is 3.28. The summed E-state index contributed by atoms with van der Waals surface area (Å²) in [5.74, 6) is 0.181. The van der Waals surface area contributed by atoms with E-state index in [9.17, 15) is 4.79 Å². The quantitative estimate of drug-likeness (QED) is 0.514. The molecule has 4 nitrogen and oxygen atoms in total. The highest BCUT2D eigenvalue weighted by molar-refractivity contribution is 5.42. The second kappa shape index (κ2) is 2.11. The first-order chi connectivity index (χ1) is 3.93. The first-order valence-corrected chi connectivity index (χ1v) is 1.94. The minimum Gasteiger partial charge on any atom is -0.406 e. The van der Waals surface area contributed by atoms with E-state index in [4.69, 9.17) is 0 Å². The van der Waals surface area contributed by atoms with Crippen LogP contribution in [-0.4, -0.2) is 11.6 Å². The Labute approximate surface area is 45.0 Å². The van der Waals surface area contributed by atoms with E-state index in [0.29, 0.717) is 0 Å². The fourth-order valence-electron chi connectivity index (χ4n) is 0.312. The molecular weight excluding hydrogens is 110 g/mol. The van der Waals surface area contributed by atoms with Crippen molar-refractivity contribution >= 4 is 6.47 Å². The molecule has 0 atom stereocenters. The van der Waals surface area contributed by atoms with E-state index < -0.39 is 0 Å². The summed E-state index contributed by atoms with van der Waals surface area (Å²) in [4.78, 5) is 9.57. The normalized spacial score (nSPS) is 8.50. The molecule has 4 heteroatoms. The third-order valence-corrected chi connectivity index (χ3v) is 0.583. The molecule has 0 bridgehead atoms. The van der Waals surface area contributed by atoms with Crippen LogP contribution in [0.15, 0.2) is 16.9 Å². The van der Waals surface area contributed by atoms with Crippen molar-refractivity contribution in [2.24, 2.45) is 0 Å². The number of ether oxygens (including phenoxy) is 1. The van der Waals surface area contributed by atoms with Gasteiger partial charge in [-0.2, -0.15) is 0 Å². The largest absolute Gasteiger partial charge is 0.406 e. The molecule has 0 saturated heterocycles. The van der Waals surface area contributed by atoms with E-state index in [-0.39, 0.29) is 12.4 Å². The topological polar surface area (TPSA) is 52.3 Å².